The van der Waals surface area contributed by atoms with E-state index >= 15 is 0 Å². The summed E-state index contributed by atoms with van der Waals surface area (Å²) in [7, 11) is 0. The molecule has 1 aromatic carbocycles. The minimum Gasteiger partial charge on any atom is -0.454 e. The smallest absolute Gasteiger partial charge is 0.451 e. The monoisotopic (exact) mass is 267 g/mol. The van der Waals surface area contributed by atoms with E-state index in [4.69, 9.17) is 4.74 Å². The molecule has 6 heteroatoms. The molecule has 0 aliphatic heterocycles. The number of hydrogen-bond acceptors (Lipinski definition) is 3. The highest BCUT2D eigenvalue weighted by molar-refractivity contribution is 5.31. The molecule has 0 aliphatic rings. The Morgan fingerprint density at radius 3 is 2.05 bits per heavy atom. The van der Waals surface area contributed by atoms with Gasteiger partial charge in [0, 0.05) is 0 Å². The van der Waals surface area contributed by atoms with Crippen LogP contribution in [0.2, 0.25) is 0 Å². The second-order valence-corrected chi connectivity index (χ2v) is 3.74. The molecule has 3 nitrogen and oxygen atoms in total. The summed E-state index contributed by atoms with van der Waals surface area (Å²) >= 11 is 0. The number of aromatic nitrogens is 2. The van der Waals surface area contributed by atoms with Crippen LogP contribution in [0.15, 0.2) is 36.7 Å². The Kier molecular flexibility index (Phi) is 3.69. The van der Waals surface area contributed by atoms with E-state index in [9.17, 15) is 13.2 Å². The maximum absolute atomic E-state index is 12.3. The van der Waals surface area contributed by atoms with Crippen molar-refractivity contribution in [3.8, 4) is 11.5 Å². The van der Waals surface area contributed by atoms with Crippen LogP contribution in [0.25, 0.3) is 0 Å². The summed E-state index contributed by atoms with van der Waals surface area (Å²) < 4.78 is 42.1. The first-order chi connectivity index (χ1) is 8.99. The van der Waals surface area contributed by atoms with Crippen LogP contribution < -0.4 is 4.74 Å². The highest BCUT2D eigenvalue weighted by Gasteiger charge is 2.34. The highest BCUT2D eigenvalue weighted by Crippen LogP contribution is 2.27. The van der Waals surface area contributed by atoms with Gasteiger partial charge < -0.3 is 4.74 Å². The molecule has 1 aromatic heterocycles. The van der Waals surface area contributed by atoms with Gasteiger partial charge in [-0.3, -0.25) is 0 Å². The minimum atomic E-state index is -4.55. The van der Waals surface area contributed by atoms with Crippen LogP contribution in [0.5, 0.6) is 11.5 Å². The molecule has 0 saturated heterocycles. The van der Waals surface area contributed by atoms with E-state index in [1.165, 1.54) is 0 Å². The maximum Gasteiger partial charge on any atom is 0.451 e. The molecule has 0 unspecified atom stereocenters. The quantitative estimate of drug-likeness (QED) is 0.851. The fourth-order valence-corrected chi connectivity index (χ4v) is 1.38. The van der Waals surface area contributed by atoms with Gasteiger partial charge in [-0.2, -0.15) is 13.2 Å². The van der Waals surface area contributed by atoms with Crippen molar-refractivity contribution in [2.45, 2.75) is 12.6 Å². The van der Waals surface area contributed by atoms with Crippen LogP contribution in [0.4, 0.5) is 13.2 Å². The summed E-state index contributed by atoms with van der Waals surface area (Å²) in [5, 5.41) is 0. The molecule has 0 bridgehead atoms. The van der Waals surface area contributed by atoms with Crippen LogP contribution in [0.3, 0.4) is 0 Å². The van der Waals surface area contributed by atoms with Crippen LogP contribution in [0, 0.1) is 6.92 Å². The van der Waals surface area contributed by atoms with Crippen molar-refractivity contribution in [1.82, 2.24) is 9.97 Å². The number of rotatable bonds is 3. The Morgan fingerprint density at radius 1 is 1.00 bits per heavy atom. The minimum absolute atomic E-state index is 0.148. The number of hydrogen-bond donors (Lipinski definition) is 0. The van der Waals surface area contributed by atoms with Crippen molar-refractivity contribution < 1.29 is 17.9 Å². The van der Waals surface area contributed by atoms with Gasteiger partial charge in [0.1, 0.15) is 5.75 Å². The molecule has 1 radical (unpaired) electrons. The second-order valence-electron chi connectivity index (χ2n) is 3.74. The zero-order chi connectivity index (χ0) is 13.9. The zero-order valence-corrected chi connectivity index (χ0v) is 9.81. The number of halogens is 3. The molecule has 0 aliphatic carbocycles. The highest BCUT2D eigenvalue weighted by atomic mass is 19.4. The Bertz CT molecular complexity index is 535. The third kappa shape index (κ3) is 3.43. The third-order valence-corrected chi connectivity index (χ3v) is 2.33. The van der Waals surface area contributed by atoms with E-state index < -0.39 is 12.0 Å². The summed E-state index contributed by atoms with van der Waals surface area (Å²) in [5.74, 6) is -0.539. The van der Waals surface area contributed by atoms with Crippen molar-refractivity contribution >= 4 is 0 Å². The first-order valence-electron chi connectivity index (χ1n) is 5.44. The molecular weight excluding hydrogens is 257 g/mol. The molecule has 0 fully saturated rings. The number of benzene rings is 1. The van der Waals surface area contributed by atoms with Gasteiger partial charge in [0.25, 0.3) is 0 Å². The topological polar surface area (TPSA) is 35.0 Å². The summed E-state index contributed by atoms with van der Waals surface area (Å²) in [6, 6.07) is 7.07. The molecule has 0 saturated carbocycles. The number of nitrogens with zero attached hydrogens (tertiary/aromatic N) is 2. The fourth-order valence-electron chi connectivity index (χ4n) is 1.38. The molecule has 19 heavy (non-hydrogen) atoms. The van der Waals surface area contributed by atoms with Crippen molar-refractivity contribution in [2.75, 3.05) is 0 Å². The SMILES string of the molecule is [CH2]Cc1ccc(Oc2cnc(C(F)(F)F)nc2)cc1. The first kappa shape index (κ1) is 13.3. The number of alkyl halides is 3. The van der Waals surface area contributed by atoms with E-state index in [2.05, 4.69) is 16.9 Å². The lowest BCUT2D eigenvalue weighted by atomic mass is 10.2. The lowest BCUT2D eigenvalue weighted by Gasteiger charge is -2.07. The summed E-state index contributed by atoms with van der Waals surface area (Å²) in [5.41, 5.74) is 1.04. The van der Waals surface area contributed by atoms with Crippen molar-refractivity contribution in [3.05, 3.63) is 55.0 Å². The molecule has 2 rings (SSSR count). The predicted octanol–water partition coefficient (Wildman–Crippen LogP) is 3.66. The Hall–Kier alpha value is -2.11. The molecule has 0 atom stereocenters. The first-order valence-corrected chi connectivity index (χ1v) is 5.44. The van der Waals surface area contributed by atoms with Gasteiger partial charge in [-0.15, -0.1) is 0 Å². The largest absolute Gasteiger partial charge is 0.454 e. The van der Waals surface area contributed by atoms with E-state index in [-0.39, 0.29) is 5.75 Å². The van der Waals surface area contributed by atoms with Gasteiger partial charge in [0.05, 0.1) is 12.4 Å². The van der Waals surface area contributed by atoms with E-state index in [0.717, 1.165) is 18.0 Å². The van der Waals surface area contributed by atoms with Gasteiger partial charge >= 0.3 is 6.18 Å². The Morgan fingerprint density at radius 2 is 1.58 bits per heavy atom. The molecule has 2 aromatic rings. The van der Waals surface area contributed by atoms with Crippen LogP contribution in [-0.2, 0) is 12.6 Å². The van der Waals surface area contributed by atoms with Crippen molar-refractivity contribution in [3.63, 3.8) is 0 Å². The second kappa shape index (κ2) is 5.26. The molecular formula is C13H10F3N2O. The van der Waals surface area contributed by atoms with Gasteiger partial charge in [-0.1, -0.05) is 12.1 Å². The summed E-state index contributed by atoms with van der Waals surface area (Å²) in [4.78, 5) is 6.42. The van der Waals surface area contributed by atoms with Crippen LogP contribution in [-0.4, -0.2) is 9.97 Å². The predicted molar refractivity (Wildman–Crippen MR) is 62.6 cm³/mol. The summed E-state index contributed by atoms with van der Waals surface area (Å²) in [6.07, 6.45) is -1.91. The molecule has 0 N–H and O–H groups in total. The summed E-state index contributed by atoms with van der Waals surface area (Å²) in [6.45, 7) is 3.73. The molecule has 0 spiro atoms. The van der Waals surface area contributed by atoms with Gasteiger partial charge in [0.15, 0.2) is 5.75 Å². The lowest BCUT2D eigenvalue weighted by molar-refractivity contribution is -0.145. The fraction of sp³-hybridized carbons (Fsp3) is 0.154. The average molecular weight is 267 g/mol. The molecule has 1 heterocycles. The van der Waals surface area contributed by atoms with E-state index in [0.29, 0.717) is 12.2 Å². The molecule has 0 amide bonds. The van der Waals surface area contributed by atoms with Gasteiger partial charge in [-0.25, -0.2) is 9.97 Å². The average Bonchev–Trinajstić information content (AvgIpc) is 2.39. The Balaban J connectivity index is 2.10. The van der Waals surface area contributed by atoms with Crippen molar-refractivity contribution in [1.29, 1.82) is 0 Å². The van der Waals surface area contributed by atoms with Crippen LogP contribution in [0.1, 0.15) is 11.4 Å². The normalized spacial score (nSPS) is 11.4. The standard InChI is InChI=1S/C13H10F3N2O/c1-2-9-3-5-10(6-4-9)19-11-7-17-12(18-8-11)13(14,15)16/h3-8H,1-2H2. The number of ether oxygens (including phenoxy) is 1. The van der Waals surface area contributed by atoms with Gasteiger partial charge in [-0.05, 0) is 31.0 Å². The van der Waals surface area contributed by atoms with E-state index in [1.54, 1.807) is 12.1 Å². The van der Waals surface area contributed by atoms with Crippen LogP contribution >= 0.6 is 0 Å². The Labute approximate surface area is 108 Å². The lowest BCUT2D eigenvalue weighted by Crippen LogP contribution is -2.10. The molecule has 99 valence electrons. The van der Waals surface area contributed by atoms with E-state index in [1.807, 2.05) is 12.1 Å². The van der Waals surface area contributed by atoms with Gasteiger partial charge in [0.2, 0.25) is 5.82 Å². The van der Waals surface area contributed by atoms with Crippen molar-refractivity contribution in [2.24, 2.45) is 0 Å². The maximum atomic E-state index is 12.3. The third-order valence-electron chi connectivity index (χ3n) is 2.33. The zero-order valence-electron chi connectivity index (χ0n) is 9.81.